The summed E-state index contributed by atoms with van der Waals surface area (Å²) in [5.74, 6) is -0.101. The van der Waals surface area contributed by atoms with Crippen LogP contribution < -0.4 is 4.90 Å². The zero-order valence-corrected chi connectivity index (χ0v) is 17.0. The minimum absolute atomic E-state index is 0.0175. The fourth-order valence-corrected chi connectivity index (χ4v) is 3.70. The summed E-state index contributed by atoms with van der Waals surface area (Å²) in [5.41, 5.74) is 4.82. The van der Waals surface area contributed by atoms with E-state index in [1.807, 2.05) is 4.90 Å². The molecule has 4 rings (SSSR count). The molecule has 1 saturated heterocycles. The van der Waals surface area contributed by atoms with Crippen molar-refractivity contribution in [1.29, 1.82) is 0 Å². The second-order valence-electron chi connectivity index (χ2n) is 7.42. The third kappa shape index (κ3) is 3.76. The number of hydrogen-bond acceptors (Lipinski definition) is 5. The maximum atomic E-state index is 12.9. The number of aromatic nitrogens is 2. The number of hydrogen-bond donors (Lipinski definition) is 0. The molecule has 0 atom stereocenters. The van der Waals surface area contributed by atoms with Crippen molar-refractivity contribution in [2.24, 2.45) is 0 Å². The van der Waals surface area contributed by atoms with Gasteiger partial charge in [0.1, 0.15) is 0 Å². The number of carbonyl (C=O) groups excluding carboxylic acids is 1. The summed E-state index contributed by atoms with van der Waals surface area (Å²) in [6.45, 7) is 7.07. The molecule has 1 aromatic heterocycles. The van der Waals surface area contributed by atoms with Crippen LogP contribution in [0.3, 0.4) is 0 Å². The molecule has 0 aliphatic carbocycles. The van der Waals surface area contributed by atoms with E-state index in [4.69, 9.17) is 0 Å². The predicted molar refractivity (Wildman–Crippen MR) is 114 cm³/mol. The average molecular weight is 405 g/mol. The van der Waals surface area contributed by atoms with E-state index in [0.717, 1.165) is 13.1 Å². The van der Waals surface area contributed by atoms with Crippen molar-refractivity contribution in [2.75, 3.05) is 31.1 Å². The topological polar surface area (TPSA) is 84.5 Å². The van der Waals surface area contributed by atoms with E-state index >= 15 is 0 Å². The van der Waals surface area contributed by atoms with Crippen molar-refractivity contribution < 1.29 is 9.72 Å². The van der Waals surface area contributed by atoms with E-state index in [0.29, 0.717) is 24.5 Å². The first-order chi connectivity index (χ1) is 14.4. The fourth-order valence-electron chi connectivity index (χ4n) is 3.70. The summed E-state index contributed by atoms with van der Waals surface area (Å²) in [4.78, 5) is 27.4. The Labute approximate surface area is 174 Å². The molecule has 154 valence electrons. The maximum absolute atomic E-state index is 12.9. The molecule has 1 aliphatic rings. The molecule has 0 radical (unpaired) electrons. The van der Waals surface area contributed by atoms with Crippen LogP contribution in [0.15, 0.2) is 54.7 Å². The molecule has 2 heterocycles. The molecule has 8 nitrogen and oxygen atoms in total. The van der Waals surface area contributed by atoms with Crippen molar-refractivity contribution in [1.82, 2.24) is 14.7 Å². The third-order valence-corrected chi connectivity index (χ3v) is 5.62. The molecule has 1 amide bonds. The summed E-state index contributed by atoms with van der Waals surface area (Å²) in [6.07, 6.45) is 1.70. The van der Waals surface area contributed by atoms with Crippen LogP contribution in [0.4, 0.5) is 11.4 Å². The molecule has 1 aliphatic heterocycles. The quantitative estimate of drug-likeness (QED) is 0.491. The molecule has 3 aromatic rings. The molecule has 0 N–H and O–H groups in total. The van der Waals surface area contributed by atoms with Gasteiger partial charge in [-0.1, -0.05) is 12.1 Å². The number of benzene rings is 2. The van der Waals surface area contributed by atoms with Gasteiger partial charge in [-0.3, -0.25) is 14.9 Å². The van der Waals surface area contributed by atoms with Gasteiger partial charge in [-0.15, -0.1) is 0 Å². The highest BCUT2D eigenvalue weighted by atomic mass is 16.6. The highest BCUT2D eigenvalue weighted by molar-refractivity contribution is 5.92. The second kappa shape index (κ2) is 7.98. The predicted octanol–water partition coefficient (Wildman–Crippen LogP) is 3.36. The standard InChI is InChI=1S/C22H23N5O3/c1-16-4-3-5-21(17(16)2)24-12-14-25(15-13-24)22(28)20-10-11-26(23-20)18-6-8-19(9-7-18)27(29)30/h3-11H,12-15H2,1-2H3. The van der Waals surface area contributed by atoms with Crippen LogP contribution in [0.2, 0.25) is 0 Å². The lowest BCUT2D eigenvalue weighted by atomic mass is 10.1. The van der Waals surface area contributed by atoms with Gasteiger partial charge in [0.25, 0.3) is 11.6 Å². The van der Waals surface area contributed by atoms with Gasteiger partial charge in [0, 0.05) is 50.2 Å². The Morgan fingerprint density at radius 1 is 1.00 bits per heavy atom. The lowest BCUT2D eigenvalue weighted by Crippen LogP contribution is -2.49. The van der Waals surface area contributed by atoms with E-state index in [1.54, 1.807) is 29.1 Å². The molecule has 1 fully saturated rings. The molecule has 30 heavy (non-hydrogen) atoms. The van der Waals surface area contributed by atoms with E-state index in [2.05, 4.69) is 42.0 Å². The Morgan fingerprint density at radius 2 is 1.70 bits per heavy atom. The molecule has 2 aromatic carbocycles. The molecule has 0 bridgehead atoms. The monoisotopic (exact) mass is 405 g/mol. The second-order valence-corrected chi connectivity index (χ2v) is 7.42. The summed E-state index contributed by atoms with van der Waals surface area (Å²) >= 11 is 0. The fraction of sp³-hybridized carbons (Fsp3) is 0.273. The Bertz CT molecular complexity index is 1080. The van der Waals surface area contributed by atoms with Gasteiger partial charge >= 0.3 is 0 Å². The van der Waals surface area contributed by atoms with E-state index in [1.165, 1.54) is 28.9 Å². The summed E-state index contributed by atoms with van der Waals surface area (Å²) < 4.78 is 1.56. The van der Waals surface area contributed by atoms with Crippen LogP contribution in [-0.4, -0.2) is 51.7 Å². The van der Waals surface area contributed by atoms with Gasteiger partial charge in [0.05, 0.1) is 10.6 Å². The van der Waals surface area contributed by atoms with Crippen LogP contribution in [0.1, 0.15) is 21.6 Å². The number of nitro groups is 1. The van der Waals surface area contributed by atoms with Crippen molar-refractivity contribution in [3.05, 3.63) is 81.7 Å². The average Bonchev–Trinajstić information content (AvgIpc) is 3.26. The Morgan fingerprint density at radius 3 is 2.37 bits per heavy atom. The largest absolute Gasteiger partial charge is 0.368 e. The molecule has 8 heteroatoms. The van der Waals surface area contributed by atoms with Gasteiger partial charge in [-0.05, 0) is 49.2 Å². The van der Waals surface area contributed by atoms with Crippen molar-refractivity contribution >= 4 is 17.3 Å². The summed E-state index contributed by atoms with van der Waals surface area (Å²) in [6, 6.07) is 14.1. The van der Waals surface area contributed by atoms with E-state index in [-0.39, 0.29) is 11.6 Å². The number of anilines is 1. The van der Waals surface area contributed by atoms with Crippen molar-refractivity contribution in [2.45, 2.75) is 13.8 Å². The van der Waals surface area contributed by atoms with Crippen LogP contribution in [0, 0.1) is 24.0 Å². The smallest absolute Gasteiger partial charge is 0.274 e. The summed E-state index contributed by atoms with van der Waals surface area (Å²) in [5, 5.41) is 15.2. The van der Waals surface area contributed by atoms with Crippen molar-refractivity contribution in [3.8, 4) is 5.69 Å². The molecular weight excluding hydrogens is 382 g/mol. The zero-order chi connectivity index (χ0) is 21.3. The minimum Gasteiger partial charge on any atom is -0.368 e. The van der Waals surface area contributed by atoms with E-state index < -0.39 is 4.92 Å². The molecule has 0 saturated carbocycles. The van der Waals surface area contributed by atoms with Gasteiger partial charge in [-0.25, -0.2) is 4.68 Å². The van der Waals surface area contributed by atoms with Gasteiger partial charge < -0.3 is 9.80 Å². The maximum Gasteiger partial charge on any atom is 0.274 e. The first kappa shape index (κ1) is 19.6. The number of rotatable bonds is 4. The number of non-ortho nitro benzene ring substituents is 1. The third-order valence-electron chi connectivity index (χ3n) is 5.62. The van der Waals surface area contributed by atoms with Crippen molar-refractivity contribution in [3.63, 3.8) is 0 Å². The van der Waals surface area contributed by atoms with Gasteiger partial charge in [0.15, 0.2) is 5.69 Å². The zero-order valence-electron chi connectivity index (χ0n) is 17.0. The highest BCUT2D eigenvalue weighted by Crippen LogP contribution is 2.24. The van der Waals surface area contributed by atoms with Gasteiger partial charge in [-0.2, -0.15) is 5.10 Å². The lowest BCUT2D eigenvalue weighted by molar-refractivity contribution is -0.384. The van der Waals surface area contributed by atoms with E-state index in [9.17, 15) is 14.9 Å². The SMILES string of the molecule is Cc1cccc(N2CCN(C(=O)c3ccn(-c4ccc([N+](=O)[O-])cc4)n3)CC2)c1C. The number of nitro benzene ring substituents is 1. The van der Waals surface area contributed by atoms with Crippen LogP contribution >= 0.6 is 0 Å². The number of carbonyl (C=O) groups is 1. The lowest BCUT2D eigenvalue weighted by Gasteiger charge is -2.36. The molecule has 0 spiro atoms. The van der Waals surface area contributed by atoms with Gasteiger partial charge in [0.2, 0.25) is 0 Å². The first-order valence-corrected chi connectivity index (χ1v) is 9.85. The number of aryl methyl sites for hydroxylation is 1. The Balaban J connectivity index is 1.42. The minimum atomic E-state index is -0.445. The number of nitrogens with zero attached hydrogens (tertiary/aromatic N) is 5. The van der Waals surface area contributed by atoms with Crippen LogP contribution in [0.5, 0.6) is 0 Å². The normalized spacial score (nSPS) is 14.1. The number of piperazine rings is 1. The first-order valence-electron chi connectivity index (χ1n) is 9.85. The van der Waals surface area contributed by atoms with Crippen LogP contribution in [0.25, 0.3) is 5.69 Å². The Kier molecular flexibility index (Phi) is 5.22. The highest BCUT2D eigenvalue weighted by Gasteiger charge is 2.24. The Hall–Kier alpha value is -3.68. The number of amides is 1. The molecular formula is C22H23N5O3. The molecule has 0 unspecified atom stereocenters. The van der Waals surface area contributed by atoms with Crippen LogP contribution in [-0.2, 0) is 0 Å². The summed E-state index contributed by atoms with van der Waals surface area (Å²) in [7, 11) is 0.